The Balaban J connectivity index is 2.30. The molecule has 88 valence electrons. The van der Waals surface area contributed by atoms with E-state index in [0.717, 1.165) is 11.1 Å². The van der Waals surface area contributed by atoms with Crippen molar-refractivity contribution in [2.45, 2.75) is 38.8 Å². The van der Waals surface area contributed by atoms with Crippen LogP contribution in [-0.4, -0.2) is 23.6 Å². The summed E-state index contributed by atoms with van der Waals surface area (Å²) >= 11 is 0. The van der Waals surface area contributed by atoms with Crippen LogP contribution in [0, 0.1) is 6.92 Å². The number of hydrogen-bond acceptors (Lipinski definition) is 3. The highest BCUT2D eigenvalue weighted by Gasteiger charge is 2.41. The average Bonchev–Trinajstić information content (AvgIpc) is 2.54. The van der Waals surface area contributed by atoms with E-state index in [1.165, 1.54) is 0 Å². The number of hydrogen-bond donors (Lipinski definition) is 1. The Labute approximate surface area is 96.0 Å². The fourth-order valence-corrected chi connectivity index (χ4v) is 2.14. The number of aliphatic hydroxyl groups excluding tert-OH is 1. The molecule has 0 radical (unpaired) electrons. The van der Waals surface area contributed by atoms with Crippen molar-refractivity contribution >= 4 is 0 Å². The van der Waals surface area contributed by atoms with Gasteiger partial charge in [-0.05, 0) is 31.9 Å². The van der Waals surface area contributed by atoms with Crippen LogP contribution in [0.2, 0.25) is 0 Å². The Hall–Kier alpha value is -0.900. The van der Waals surface area contributed by atoms with Gasteiger partial charge >= 0.3 is 0 Å². The summed E-state index contributed by atoms with van der Waals surface area (Å²) in [5, 5.41) is 9.32. The summed E-state index contributed by atoms with van der Waals surface area (Å²) in [6.45, 7) is 5.75. The minimum atomic E-state index is -0.625. The molecule has 16 heavy (non-hydrogen) atoms. The molecule has 0 aromatic heterocycles. The molecular formula is C13H18O3. The van der Waals surface area contributed by atoms with Gasteiger partial charge in [0.15, 0.2) is 5.79 Å². The highest BCUT2D eigenvalue weighted by molar-refractivity contribution is 5.29. The summed E-state index contributed by atoms with van der Waals surface area (Å²) in [4.78, 5) is 0. The van der Waals surface area contributed by atoms with Crippen LogP contribution in [0.5, 0.6) is 0 Å². The molecule has 1 unspecified atom stereocenters. The smallest absolute Gasteiger partial charge is 0.164 e. The third-order valence-corrected chi connectivity index (χ3v) is 2.86. The topological polar surface area (TPSA) is 38.7 Å². The van der Waals surface area contributed by atoms with Crippen LogP contribution in [0.4, 0.5) is 0 Å². The number of rotatable bonds is 2. The summed E-state index contributed by atoms with van der Waals surface area (Å²) in [6, 6.07) is 8.03. The lowest BCUT2D eigenvalue weighted by molar-refractivity contribution is -0.149. The highest BCUT2D eigenvalue weighted by Crippen LogP contribution is 2.38. The van der Waals surface area contributed by atoms with Crippen molar-refractivity contribution in [2.24, 2.45) is 0 Å². The molecule has 0 bridgehead atoms. The molecular weight excluding hydrogens is 204 g/mol. The van der Waals surface area contributed by atoms with Crippen molar-refractivity contribution in [1.29, 1.82) is 0 Å². The second-order valence-electron chi connectivity index (χ2n) is 4.63. The molecule has 1 aliphatic heterocycles. The van der Waals surface area contributed by atoms with E-state index in [0.29, 0.717) is 0 Å². The Morgan fingerprint density at radius 1 is 1.25 bits per heavy atom. The molecule has 1 fully saturated rings. The predicted octanol–water partition coefficient (Wildman–Crippen LogP) is 2.18. The molecule has 1 aromatic carbocycles. The Bertz CT molecular complexity index is 373. The molecule has 1 N–H and O–H groups in total. The fourth-order valence-electron chi connectivity index (χ4n) is 2.14. The first-order chi connectivity index (χ1) is 7.53. The normalized spacial score (nSPS) is 28.2. The third-order valence-electron chi connectivity index (χ3n) is 2.86. The Kier molecular flexibility index (Phi) is 3.02. The van der Waals surface area contributed by atoms with E-state index in [2.05, 4.69) is 0 Å². The Morgan fingerprint density at radius 3 is 2.56 bits per heavy atom. The summed E-state index contributed by atoms with van der Waals surface area (Å²) in [7, 11) is 0. The van der Waals surface area contributed by atoms with E-state index < -0.39 is 5.79 Å². The van der Waals surface area contributed by atoms with Crippen LogP contribution in [0.3, 0.4) is 0 Å². The minimum absolute atomic E-state index is 0.0254. The molecule has 1 aliphatic rings. The van der Waals surface area contributed by atoms with Crippen molar-refractivity contribution in [3.63, 3.8) is 0 Å². The number of benzene rings is 1. The average molecular weight is 222 g/mol. The maximum absolute atomic E-state index is 9.32. The van der Waals surface area contributed by atoms with Crippen molar-refractivity contribution < 1.29 is 14.6 Å². The molecule has 0 amide bonds. The lowest BCUT2D eigenvalue weighted by Gasteiger charge is -2.18. The zero-order chi connectivity index (χ0) is 11.8. The highest BCUT2D eigenvalue weighted by atomic mass is 16.8. The first kappa shape index (κ1) is 11.6. The van der Waals surface area contributed by atoms with Gasteiger partial charge in [0.05, 0.1) is 6.61 Å². The molecule has 3 heteroatoms. The first-order valence-electron chi connectivity index (χ1n) is 5.55. The van der Waals surface area contributed by atoms with Crippen LogP contribution >= 0.6 is 0 Å². The van der Waals surface area contributed by atoms with Crippen molar-refractivity contribution in [1.82, 2.24) is 0 Å². The number of aryl methyl sites for hydroxylation is 1. The minimum Gasteiger partial charge on any atom is -0.394 e. The standard InChI is InChI=1S/C13H18O3/c1-9-6-4-5-7-10(9)12-11(8-14)15-13(2,3)16-12/h4-7,11-12,14H,8H2,1-3H3/t11?,12-/m1/s1. The fraction of sp³-hybridized carbons (Fsp3) is 0.538. The van der Waals surface area contributed by atoms with E-state index in [4.69, 9.17) is 9.47 Å². The van der Waals surface area contributed by atoms with E-state index >= 15 is 0 Å². The molecule has 1 aromatic rings. The predicted molar refractivity (Wildman–Crippen MR) is 61.0 cm³/mol. The van der Waals surface area contributed by atoms with Gasteiger partial charge < -0.3 is 14.6 Å². The molecule has 0 aliphatic carbocycles. The van der Waals surface area contributed by atoms with Gasteiger partial charge in [-0.25, -0.2) is 0 Å². The second-order valence-corrected chi connectivity index (χ2v) is 4.63. The Morgan fingerprint density at radius 2 is 1.94 bits per heavy atom. The van der Waals surface area contributed by atoms with E-state index in [1.807, 2.05) is 45.0 Å². The van der Waals surface area contributed by atoms with Gasteiger partial charge in [-0.3, -0.25) is 0 Å². The maximum Gasteiger partial charge on any atom is 0.164 e. The first-order valence-corrected chi connectivity index (χ1v) is 5.55. The van der Waals surface area contributed by atoms with E-state index in [1.54, 1.807) is 0 Å². The van der Waals surface area contributed by atoms with Crippen molar-refractivity contribution in [2.75, 3.05) is 6.61 Å². The molecule has 0 spiro atoms. The van der Waals surface area contributed by atoms with Crippen LogP contribution < -0.4 is 0 Å². The van der Waals surface area contributed by atoms with E-state index in [-0.39, 0.29) is 18.8 Å². The van der Waals surface area contributed by atoms with Crippen LogP contribution in [-0.2, 0) is 9.47 Å². The molecule has 2 rings (SSSR count). The largest absolute Gasteiger partial charge is 0.394 e. The van der Waals surface area contributed by atoms with Gasteiger partial charge in [0.25, 0.3) is 0 Å². The second kappa shape index (κ2) is 4.17. The SMILES string of the molecule is Cc1ccccc1[C@H]1OC(C)(C)OC1CO. The third kappa shape index (κ3) is 2.12. The van der Waals surface area contributed by atoms with Crippen molar-refractivity contribution in [3.8, 4) is 0 Å². The van der Waals surface area contributed by atoms with Crippen molar-refractivity contribution in [3.05, 3.63) is 35.4 Å². The molecule has 2 atom stereocenters. The van der Waals surface area contributed by atoms with Gasteiger partial charge in [0.1, 0.15) is 12.2 Å². The zero-order valence-corrected chi connectivity index (χ0v) is 9.93. The van der Waals surface area contributed by atoms with Gasteiger partial charge in [-0.15, -0.1) is 0 Å². The zero-order valence-electron chi connectivity index (χ0n) is 9.93. The van der Waals surface area contributed by atoms with Gasteiger partial charge in [0.2, 0.25) is 0 Å². The van der Waals surface area contributed by atoms with Crippen LogP contribution in [0.25, 0.3) is 0 Å². The summed E-state index contributed by atoms with van der Waals surface area (Å²) in [5.74, 6) is -0.625. The molecule has 1 saturated heterocycles. The lowest BCUT2D eigenvalue weighted by atomic mass is 10.00. The van der Waals surface area contributed by atoms with Gasteiger partial charge in [0, 0.05) is 0 Å². The summed E-state index contributed by atoms with van der Waals surface area (Å²) in [6.07, 6.45) is -0.461. The van der Waals surface area contributed by atoms with Crippen LogP contribution in [0.15, 0.2) is 24.3 Å². The number of ether oxygens (including phenoxy) is 2. The van der Waals surface area contributed by atoms with E-state index in [9.17, 15) is 5.11 Å². The van der Waals surface area contributed by atoms with Gasteiger partial charge in [-0.2, -0.15) is 0 Å². The lowest BCUT2D eigenvalue weighted by Crippen LogP contribution is -2.23. The number of aliphatic hydroxyl groups is 1. The summed E-state index contributed by atoms with van der Waals surface area (Å²) in [5.41, 5.74) is 2.25. The summed E-state index contributed by atoms with van der Waals surface area (Å²) < 4.78 is 11.5. The maximum atomic E-state index is 9.32. The monoisotopic (exact) mass is 222 g/mol. The molecule has 0 saturated carbocycles. The quantitative estimate of drug-likeness (QED) is 0.833. The molecule has 3 nitrogen and oxygen atoms in total. The van der Waals surface area contributed by atoms with Gasteiger partial charge in [-0.1, -0.05) is 24.3 Å². The molecule has 1 heterocycles. The van der Waals surface area contributed by atoms with Crippen LogP contribution in [0.1, 0.15) is 31.1 Å².